The number of rotatable bonds is 2. The van der Waals surface area contributed by atoms with Gasteiger partial charge in [-0.1, -0.05) is 42.5 Å². The number of nitrogens with one attached hydrogen (secondary N) is 1. The monoisotopic (exact) mass is 266 g/mol. The summed E-state index contributed by atoms with van der Waals surface area (Å²) in [6, 6.07) is 17.0. The standard InChI is InChI=1S/C16H14N2O2/c19-16(20-13-7-2-1-3-8-13)18-17-15-11-10-12-6-4-5-9-14(12)15/h1-9H,10-11H2,(H,18,19)/b17-15+. The maximum Gasteiger partial charge on any atom is 0.433 e. The number of benzene rings is 2. The van der Waals surface area contributed by atoms with Crippen LogP contribution in [0.2, 0.25) is 0 Å². The zero-order valence-electron chi connectivity index (χ0n) is 10.9. The normalized spacial score (nSPS) is 14.9. The first-order valence-electron chi connectivity index (χ1n) is 6.50. The Kier molecular flexibility index (Phi) is 3.46. The molecule has 0 atom stereocenters. The third-order valence-corrected chi connectivity index (χ3v) is 3.20. The molecule has 0 unspecified atom stereocenters. The maximum atomic E-state index is 11.6. The highest BCUT2D eigenvalue weighted by atomic mass is 16.6. The van der Waals surface area contributed by atoms with Crippen LogP contribution in [-0.2, 0) is 6.42 Å². The molecule has 1 aliphatic rings. The minimum absolute atomic E-state index is 0.497. The van der Waals surface area contributed by atoms with Crippen molar-refractivity contribution in [2.45, 2.75) is 12.8 Å². The highest BCUT2D eigenvalue weighted by molar-refractivity contribution is 6.04. The second-order valence-electron chi connectivity index (χ2n) is 4.53. The molecule has 1 aliphatic carbocycles. The molecule has 0 aliphatic heterocycles. The van der Waals surface area contributed by atoms with Gasteiger partial charge in [-0.2, -0.15) is 5.10 Å². The maximum absolute atomic E-state index is 11.6. The van der Waals surface area contributed by atoms with Crippen LogP contribution >= 0.6 is 0 Å². The first-order valence-corrected chi connectivity index (χ1v) is 6.50. The van der Waals surface area contributed by atoms with Gasteiger partial charge in [-0.25, -0.2) is 10.2 Å². The SMILES string of the molecule is O=C(N/N=C1\CCc2ccccc21)Oc1ccccc1. The van der Waals surface area contributed by atoms with Gasteiger partial charge in [0.15, 0.2) is 0 Å². The predicted octanol–water partition coefficient (Wildman–Crippen LogP) is 3.13. The number of carbonyl (C=O) groups excluding carboxylic acids is 1. The molecule has 0 aromatic heterocycles. The van der Waals surface area contributed by atoms with Gasteiger partial charge in [-0.05, 0) is 30.5 Å². The summed E-state index contributed by atoms with van der Waals surface area (Å²) in [5.74, 6) is 0.497. The Bertz CT molecular complexity index is 651. The van der Waals surface area contributed by atoms with Crippen molar-refractivity contribution in [3.63, 3.8) is 0 Å². The van der Waals surface area contributed by atoms with Crippen molar-refractivity contribution in [1.29, 1.82) is 0 Å². The zero-order valence-corrected chi connectivity index (χ0v) is 10.9. The van der Waals surface area contributed by atoms with Crippen LogP contribution in [0.1, 0.15) is 17.5 Å². The van der Waals surface area contributed by atoms with Crippen LogP contribution in [0.4, 0.5) is 4.79 Å². The number of ether oxygens (including phenoxy) is 1. The van der Waals surface area contributed by atoms with E-state index in [4.69, 9.17) is 4.74 Å². The average molecular weight is 266 g/mol. The molecule has 2 aromatic carbocycles. The molecule has 0 saturated carbocycles. The van der Waals surface area contributed by atoms with E-state index in [0.717, 1.165) is 24.1 Å². The summed E-state index contributed by atoms with van der Waals surface area (Å²) in [7, 11) is 0. The highest BCUT2D eigenvalue weighted by Gasteiger charge is 2.17. The smallest absolute Gasteiger partial charge is 0.409 e. The summed E-state index contributed by atoms with van der Waals surface area (Å²) in [6.07, 6.45) is 1.23. The number of hydrogen-bond acceptors (Lipinski definition) is 3. The van der Waals surface area contributed by atoms with Crippen LogP contribution in [0.5, 0.6) is 5.75 Å². The Morgan fingerprint density at radius 1 is 1.00 bits per heavy atom. The van der Waals surface area contributed by atoms with Crippen molar-refractivity contribution < 1.29 is 9.53 Å². The Morgan fingerprint density at radius 2 is 1.75 bits per heavy atom. The van der Waals surface area contributed by atoms with Crippen molar-refractivity contribution in [3.05, 3.63) is 65.7 Å². The molecule has 0 bridgehead atoms. The van der Waals surface area contributed by atoms with Crippen LogP contribution in [-0.4, -0.2) is 11.8 Å². The molecular weight excluding hydrogens is 252 g/mol. The summed E-state index contributed by atoms with van der Waals surface area (Å²) in [6.45, 7) is 0. The number of hydrazone groups is 1. The zero-order chi connectivity index (χ0) is 13.8. The van der Waals surface area contributed by atoms with Gasteiger partial charge in [0.1, 0.15) is 5.75 Å². The van der Waals surface area contributed by atoms with Crippen molar-refractivity contribution in [2.75, 3.05) is 0 Å². The first-order chi connectivity index (χ1) is 9.83. The van der Waals surface area contributed by atoms with Crippen molar-refractivity contribution in [2.24, 2.45) is 5.10 Å². The lowest BCUT2D eigenvalue weighted by atomic mass is 10.1. The molecule has 4 heteroatoms. The number of aryl methyl sites for hydroxylation is 1. The third-order valence-electron chi connectivity index (χ3n) is 3.20. The molecule has 4 nitrogen and oxygen atoms in total. The summed E-state index contributed by atoms with van der Waals surface area (Å²) >= 11 is 0. The first kappa shape index (κ1) is 12.4. The minimum atomic E-state index is -0.576. The lowest BCUT2D eigenvalue weighted by molar-refractivity contribution is 0.201. The van der Waals surface area contributed by atoms with Crippen LogP contribution in [0, 0.1) is 0 Å². The van der Waals surface area contributed by atoms with Gasteiger partial charge in [0.05, 0.1) is 5.71 Å². The van der Waals surface area contributed by atoms with E-state index in [1.54, 1.807) is 12.1 Å². The Balaban J connectivity index is 1.65. The molecule has 3 rings (SSSR count). The number of nitrogens with zero attached hydrogens (tertiary/aromatic N) is 1. The Morgan fingerprint density at radius 3 is 2.60 bits per heavy atom. The second-order valence-corrected chi connectivity index (χ2v) is 4.53. The number of amides is 1. The summed E-state index contributed by atoms with van der Waals surface area (Å²) in [5, 5.41) is 4.15. The molecule has 0 radical (unpaired) electrons. The highest BCUT2D eigenvalue weighted by Crippen LogP contribution is 2.21. The van der Waals surface area contributed by atoms with E-state index in [2.05, 4.69) is 16.6 Å². The van der Waals surface area contributed by atoms with Crippen LogP contribution in [0.3, 0.4) is 0 Å². The third kappa shape index (κ3) is 2.69. The fraction of sp³-hybridized carbons (Fsp3) is 0.125. The number of carbonyl (C=O) groups is 1. The largest absolute Gasteiger partial charge is 0.433 e. The Labute approximate surface area is 117 Å². The Hall–Kier alpha value is -2.62. The van der Waals surface area contributed by atoms with Crippen LogP contribution in [0.25, 0.3) is 0 Å². The lowest BCUT2D eigenvalue weighted by Gasteiger charge is -2.04. The van der Waals surface area contributed by atoms with Crippen molar-refractivity contribution in [3.8, 4) is 5.75 Å². The van der Waals surface area contributed by atoms with Gasteiger partial charge in [0.25, 0.3) is 0 Å². The number of para-hydroxylation sites is 1. The van der Waals surface area contributed by atoms with E-state index in [0.29, 0.717) is 5.75 Å². The molecule has 0 fully saturated rings. The molecule has 0 saturated heterocycles. The molecule has 1 amide bonds. The van der Waals surface area contributed by atoms with Gasteiger partial charge in [0.2, 0.25) is 0 Å². The van der Waals surface area contributed by atoms with E-state index in [-0.39, 0.29) is 0 Å². The van der Waals surface area contributed by atoms with Crippen molar-refractivity contribution >= 4 is 11.8 Å². The van der Waals surface area contributed by atoms with E-state index in [1.165, 1.54) is 5.56 Å². The fourth-order valence-electron chi connectivity index (χ4n) is 2.26. The lowest BCUT2D eigenvalue weighted by Crippen LogP contribution is -2.23. The minimum Gasteiger partial charge on any atom is -0.409 e. The average Bonchev–Trinajstić information content (AvgIpc) is 2.89. The van der Waals surface area contributed by atoms with Crippen molar-refractivity contribution in [1.82, 2.24) is 5.43 Å². The molecule has 0 heterocycles. The van der Waals surface area contributed by atoms with Crippen LogP contribution < -0.4 is 10.2 Å². The molecule has 1 N–H and O–H groups in total. The van der Waals surface area contributed by atoms with E-state index in [9.17, 15) is 4.79 Å². The summed E-state index contributed by atoms with van der Waals surface area (Å²) < 4.78 is 5.11. The summed E-state index contributed by atoms with van der Waals surface area (Å²) in [5.41, 5.74) is 5.71. The summed E-state index contributed by atoms with van der Waals surface area (Å²) in [4.78, 5) is 11.6. The number of fused-ring (bicyclic) bond motifs is 1. The van der Waals surface area contributed by atoms with E-state index < -0.39 is 6.09 Å². The van der Waals surface area contributed by atoms with Gasteiger partial charge in [0, 0.05) is 5.56 Å². The predicted molar refractivity (Wildman–Crippen MR) is 76.9 cm³/mol. The van der Waals surface area contributed by atoms with Crippen LogP contribution in [0.15, 0.2) is 59.7 Å². The number of hydrogen-bond donors (Lipinski definition) is 1. The molecule has 2 aromatic rings. The van der Waals surface area contributed by atoms with Gasteiger partial charge in [-0.15, -0.1) is 0 Å². The second kappa shape index (κ2) is 5.57. The molecule has 20 heavy (non-hydrogen) atoms. The fourth-order valence-corrected chi connectivity index (χ4v) is 2.26. The molecule has 0 spiro atoms. The quantitative estimate of drug-likeness (QED) is 0.849. The van der Waals surface area contributed by atoms with E-state index in [1.807, 2.05) is 36.4 Å². The topological polar surface area (TPSA) is 50.7 Å². The van der Waals surface area contributed by atoms with Gasteiger partial charge in [-0.3, -0.25) is 0 Å². The van der Waals surface area contributed by atoms with Gasteiger partial charge < -0.3 is 4.74 Å². The van der Waals surface area contributed by atoms with E-state index >= 15 is 0 Å². The molecule has 100 valence electrons. The van der Waals surface area contributed by atoms with Gasteiger partial charge >= 0.3 is 6.09 Å². The molecular formula is C16H14N2O2.